The van der Waals surface area contributed by atoms with Gasteiger partial charge in [0.1, 0.15) is 13.2 Å². The number of unbranched alkanes of at least 4 members (excludes halogenated alkanes) is 41. The molecular formula is C68H124O6. The lowest BCUT2D eigenvalue weighted by Gasteiger charge is -2.18. The van der Waals surface area contributed by atoms with Crippen LogP contribution in [0.25, 0.3) is 0 Å². The van der Waals surface area contributed by atoms with Gasteiger partial charge in [0.25, 0.3) is 0 Å². The van der Waals surface area contributed by atoms with Crippen molar-refractivity contribution in [2.75, 3.05) is 13.2 Å². The number of allylic oxidation sites excluding steroid dienone is 8. The molecule has 0 bridgehead atoms. The minimum Gasteiger partial charge on any atom is -0.462 e. The van der Waals surface area contributed by atoms with E-state index in [4.69, 9.17) is 14.2 Å². The lowest BCUT2D eigenvalue weighted by Crippen LogP contribution is -2.30. The molecule has 0 aliphatic rings. The van der Waals surface area contributed by atoms with Gasteiger partial charge >= 0.3 is 17.9 Å². The maximum absolute atomic E-state index is 12.9. The topological polar surface area (TPSA) is 78.9 Å². The third kappa shape index (κ3) is 60.2. The Kier molecular flexibility index (Phi) is 60.7. The molecule has 0 aromatic rings. The van der Waals surface area contributed by atoms with Crippen LogP contribution < -0.4 is 0 Å². The summed E-state index contributed by atoms with van der Waals surface area (Å²) >= 11 is 0. The Labute approximate surface area is 460 Å². The first-order valence-corrected chi connectivity index (χ1v) is 32.6. The van der Waals surface area contributed by atoms with E-state index in [1.165, 1.54) is 218 Å². The molecule has 0 heterocycles. The van der Waals surface area contributed by atoms with E-state index in [0.29, 0.717) is 19.3 Å². The number of hydrogen-bond donors (Lipinski definition) is 0. The Hall–Kier alpha value is -2.63. The van der Waals surface area contributed by atoms with Crippen molar-refractivity contribution in [2.45, 2.75) is 354 Å². The first kappa shape index (κ1) is 71.4. The van der Waals surface area contributed by atoms with Crippen molar-refractivity contribution >= 4 is 17.9 Å². The van der Waals surface area contributed by atoms with Crippen molar-refractivity contribution < 1.29 is 28.6 Å². The molecule has 0 aromatic heterocycles. The van der Waals surface area contributed by atoms with Gasteiger partial charge in [0.05, 0.1) is 0 Å². The second kappa shape index (κ2) is 62.9. The Balaban J connectivity index is 4.29. The smallest absolute Gasteiger partial charge is 0.306 e. The summed E-state index contributed by atoms with van der Waals surface area (Å²) in [7, 11) is 0. The van der Waals surface area contributed by atoms with Crippen LogP contribution in [0, 0.1) is 0 Å². The van der Waals surface area contributed by atoms with Crippen LogP contribution in [0.5, 0.6) is 0 Å². The highest BCUT2D eigenvalue weighted by Crippen LogP contribution is 2.17. The van der Waals surface area contributed by atoms with E-state index < -0.39 is 6.10 Å². The molecule has 0 aromatic carbocycles. The molecule has 0 N–H and O–H groups in total. The van der Waals surface area contributed by atoms with E-state index in [2.05, 4.69) is 69.4 Å². The van der Waals surface area contributed by atoms with Gasteiger partial charge in [-0.25, -0.2) is 0 Å². The molecule has 432 valence electrons. The normalized spacial score (nSPS) is 12.3. The summed E-state index contributed by atoms with van der Waals surface area (Å²) in [6.07, 6.45) is 78.3. The number of esters is 3. The van der Waals surface area contributed by atoms with E-state index in [1.807, 2.05) is 0 Å². The summed E-state index contributed by atoms with van der Waals surface area (Å²) in [5.41, 5.74) is 0. The number of rotatable bonds is 60. The fourth-order valence-electron chi connectivity index (χ4n) is 9.58. The van der Waals surface area contributed by atoms with Crippen molar-refractivity contribution in [1.29, 1.82) is 0 Å². The third-order valence-corrected chi connectivity index (χ3v) is 14.5. The zero-order valence-corrected chi connectivity index (χ0v) is 49.6. The lowest BCUT2D eigenvalue weighted by molar-refractivity contribution is -0.167. The average molecular weight is 1040 g/mol. The Morgan fingerprint density at radius 3 is 0.770 bits per heavy atom. The molecule has 1 unspecified atom stereocenters. The second-order valence-electron chi connectivity index (χ2n) is 22.0. The van der Waals surface area contributed by atoms with Gasteiger partial charge in [-0.15, -0.1) is 0 Å². The molecule has 0 radical (unpaired) electrons. The molecule has 1 atom stereocenters. The van der Waals surface area contributed by atoms with Gasteiger partial charge in [-0.05, 0) is 103 Å². The number of hydrogen-bond acceptors (Lipinski definition) is 6. The zero-order valence-electron chi connectivity index (χ0n) is 49.6. The van der Waals surface area contributed by atoms with Crippen LogP contribution in [0.4, 0.5) is 0 Å². The molecule has 0 spiro atoms. The monoisotopic (exact) mass is 1040 g/mol. The van der Waals surface area contributed by atoms with Crippen LogP contribution in [0.2, 0.25) is 0 Å². The van der Waals surface area contributed by atoms with Crippen molar-refractivity contribution in [3.05, 3.63) is 48.6 Å². The molecule has 6 nitrogen and oxygen atoms in total. The van der Waals surface area contributed by atoms with Gasteiger partial charge in [0, 0.05) is 19.3 Å². The van der Waals surface area contributed by atoms with Crippen molar-refractivity contribution in [2.24, 2.45) is 0 Å². The standard InChI is InChI=1S/C68H124O6/c1-4-7-10-13-16-19-22-25-28-30-31-32-33-34-35-36-37-38-41-43-46-49-52-55-58-61-67(70)73-64-65(63-72-66(69)60-57-54-51-48-45-42-39-27-24-21-18-15-12-9-6-3)74-68(71)62-59-56-53-50-47-44-40-29-26-23-20-17-14-11-8-5-2/h20,23,27,29-31,39-40,65H,4-19,21-22,24-26,28,32-38,41-64H2,1-3H3/b23-20-,31-30-,39-27-,40-29-. The Morgan fingerprint density at radius 1 is 0.270 bits per heavy atom. The molecule has 6 heteroatoms. The Bertz CT molecular complexity index is 1280. The fourth-order valence-corrected chi connectivity index (χ4v) is 9.58. The van der Waals surface area contributed by atoms with Gasteiger partial charge in [0.15, 0.2) is 6.10 Å². The lowest BCUT2D eigenvalue weighted by atomic mass is 10.0. The van der Waals surface area contributed by atoms with Crippen molar-refractivity contribution in [3.63, 3.8) is 0 Å². The fraction of sp³-hybridized carbons (Fsp3) is 0.838. The number of carbonyl (C=O) groups is 3. The van der Waals surface area contributed by atoms with Crippen LogP contribution in [-0.4, -0.2) is 37.2 Å². The van der Waals surface area contributed by atoms with Gasteiger partial charge < -0.3 is 14.2 Å². The maximum atomic E-state index is 12.9. The van der Waals surface area contributed by atoms with Crippen molar-refractivity contribution in [1.82, 2.24) is 0 Å². The largest absolute Gasteiger partial charge is 0.462 e. The SMILES string of the molecule is CCCCCC/C=C\C/C=C\CCCCCCCC(=O)OC(COC(=O)CCCCCCC/C=C\CCCCCCCC)COC(=O)CCCCCCCCCCCCCCC/C=C\CCCCCCCCCC. The highest BCUT2D eigenvalue weighted by Gasteiger charge is 2.19. The summed E-state index contributed by atoms with van der Waals surface area (Å²) in [5.74, 6) is -0.883. The van der Waals surface area contributed by atoms with E-state index in [1.54, 1.807) is 0 Å². The molecule has 0 amide bonds. The summed E-state index contributed by atoms with van der Waals surface area (Å²) in [4.78, 5) is 38.3. The van der Waals surface area contributed by atoms with Crippen molar-refractivity contribution in [3.8, 4) is 0 Å². The van der Waals surface area contributed by atoms with Crippen LogP contribution in [-0.2, 0) is 28.6 Å². The minimum absolute atomic E-state index is 0.0791. The summed E-state index contributed by atoms with van der Waals surface area (Å²) in [5, 5.41) is 0. The summed E-state index contributed by atoms with van der Waals surface area (Å²) in [6.45, 7) is 6.65. The maximum Gasteiger partial charge on any atom is 0.306 e. The summed E-state index contributed by atoms with van der Waals surface area (Å²) < 4.78 is 16.9. The molecule has 0 rings (SSSR count). The predicted molar refractivity (Wildman–Crippen MR) is 321 cm³/mol. The van der Waals surface area contributed by atoms with E-state index in [0.717, 1.165) is 89.9 Å². The van der Waals surface area contributed by atoms with E-state index in [9.17, 15) is 14.4 Å². The molecule has 0 fully saturated rings. The van der Waals surface area contributed by atoms with Gasteiger partial charge in [0.2, 0.25) is 0 Å². The first-order chi connectivity index (χ1) is 36.5. The van der Waals surface area contributed by atoms with Crippen LogP contribution >= 0.6 is 0 Å². The van der Waals surface area contributed by atoms with Gasteiger partial charge in [-0.2, -0.15) is 0 Å². The van der Waals surface area contributed by atoms with Gasteiger partial charge in [-0.3, -0.25) is 14.4 Å². The molecule has 0 saturated carbocycles. The molecule has 0 saturated heterocycles. The molecular weight excluding hydrogens is 913 g/mol. The average Bonchev–Trinajstić information content (AvgIpc) is 3.40. The molecule has 0 aliphatic carbocycles. The Morgan fingerprint density at radius 2 is 0.486 bits per heavy atom. The van der Waals surface area contributed by atoms with Crippen LogP contribution in [0.15, 0.2) is 48.6 Å². The molecule has 74 heavy (non-hydrogen) atoms. The zero-order chi connectivity index (χ0) is 53.6. The third-order valence-electron chi connectivity index (χ3n) is 14.5. The summed E-state index contributed by atoms with van der Waals surface area (Å²) in [6, 6.07) is 0. The van der Waals surface area contributed by atoms with E-state index in [-0.39, 0.29) is 31.1 Å². The van der Waals surface area contributed by atoms with Crippen LogP contribution in [0.1, 0.15) is 348 Å². The van der Waals surface area contributed by atoms with E-state index >= 15 is 0 Å². The first-order valence-electron chi connectivity index (χ1n) is 32.6. The quantitative estimate of drug-likeness (QED) is 0.0261. The second-order valence-corrected chi connectivity index (χ2v) is 22.0. The predicted octanol–water partition coefficient (Wildman–Crippen LogP) is 22.2. The minimum atomic E-state index is -0.784. The molecule has 0 aliphatic heterocycles. The highest BCUT2D eigenvalue weighted by atomic mass is 16.6. The number of ether oxygens (including phenoxy) is 3. The van der Waals surface area contributed by atoms with Gasteiger partial charge in [-0.1, -0.05) is 275 Å². The van der Waals surface area contributed by atoms with Crippen LogP contribution in [0.3, 0.4) is 0 Å². The highest BCUT2D eigenvalue weighted by molar-refractivity contribution is 5.71. The number of carbonyl (C=O) groups excluding carboxylic acids is 3.